The second-order valence-electron chi connectivity index (χ2n) is 6.61. The van der Waals surface area contributed by atoms with Crippen LogP contribution in [0.15, 0.2) is 78.9 Å². The molecule has 6 rings (SSSR count). The van der Waals surface area contributed by atoms with Crippen LogP contribution in [0.2, 0.25) is 0 Å². The molecule has 2 heteroatoms. The molecule has 1 N–H and O–H groups in total. The minimum absolute atomic E-state index is 0.996. The molecule has 4 aromatic carbocycles. The van der Waals surface area contributed by atoms with Crippen molar-refractivity contribution in [3.63, 3.8) is 0 Å². The number of benzene rings is 4. The lowest BCUT2D eigenvalue weighted by Gasteiger charge is -2.07. The second-order valence-corrected chi connectivity index (χ2v) is 6.61. The van der Waals surface area contributed by atoms with Gasteiger partial charge in [-0.1, -0.05) is 54.6 Å². The zero-order valence-corrected chi connectivity index (χ0v) is 14.0. The number of H-pyrrole nitrogens is 1. The van der Waals surface area contributed by atoms with Crippen LogP contribution in [0.25, 0.3) is 49.3 Å². The van der Waals surface area contributed by atoms with E-state index in [0.717, 1.165) is 16.7 Å². The number of rotatable bonds is 1. The monoisotopic (exact) mass is 330 g/mol. The second kappa shape index (κ2) is 4.99. The molecule has 0 aliphatic rings. The third kappa shape index (κ3) is 1.76. The standard InChI is InChI=1S/C24H14N2/c1-4-10-21-17(7-1)20-15-16(13-14-22(20)25-21)26-23-11-5-2-8-18(23)19-9-3-6-12-24(19)26/h1-12,15,25H. The summed E-state index contributed by atoms with van der Waals surface area (Å²) >= 11 is 0. The Bertz CT molecular complexity index is 1380. The van der Waals surface area contributed by atoms with Crippen LogP contribution >= 0.6 is 0 Å². The molecule has 120 valence electrons. The molecule has 0 fully saturated rings. The van der Waals surface area contributed by atoms with Crippen LogP contribution in [-0.2, 0) is 0 Å². The van der Waals surface area contributed by atoms with Crippen molar-refractivity contribution in [1.82, 2.24) is 9.55 Å². The fourth-order valence-electron chi connectivity index (χ4n) is 4.01. The van der Waals surface area contributed by atoms with Gasteiger partial charge in [0.1, 0.15) is 0 Å². The molecule has 0 saturated heterocycles. The Kier molecular flexibility index (Phi) is 2.64. The van der Waals surface area contributed by atoms with Crippen LogP contribution in [0.1, 0.15) is 0 Å². The molecule has 2 heterocycles. The van der Waals surface area contributed by atoms with Crippen molar-refractivity contribution in [2.75, 3.05) is 0 Å². The average molecular weight is 330 g/mol. The predicted octanol–water partition coefficient (Wildman–Crippen LogP) is 6.02. The molecule has 0 bridgehead atoms. The van der Waals surface area contributed by atoms with Crippen molar-refractivity contribution >= 4 is 43.6 Å². The van der Waals surface area contributed by atoms with Crippen LogP contribution in [0.5, 0.6) is 0 Å². The molecule has 2 aromatic heterocycles. The van der Waals surface area contributed by atoms with Crippen LogP contribution in [0.3, 0.4) is 0 Å². The molecular formula is C24H14N2. The van der Waals surface area contributed by atoms with E-state index in [9.17, 15) is 0 Å². The van der Waals surface area contributed by atoms with E-state index < -0.39 is 0 Å². The Morgan fingerprint density at radius 2 is 1.23 bits per heavy atom. The van der Waals surface area contributed by atoms with Crippen molar-refractivity contribution in [2.45, 2.75) is 0 Å². The van der Waals surface area contributed by atoms with Gasteiger partial charge < -0.3 is 9.55 Å². The van der Waals surface area contributed by atoms with Crippen LogP contribution in [0, 0.1) is 12.1 Å². The van der Waals surface area contributed by atoms with Gasteiger partial charge in [0.05, 0.1) is 22.2 Å². The number of nitrogens with zero attached hydrogens (tertiary/aromatic N) is 1. The lowest BCUT2D eigenvalue weighted by atomic mass is 10.1. The number of fused-ring (bicyclic) bond motifs is 6. The maximum Gasteiger partial charge on any atom is 0.0555 e. The van der Waals surface area contributed by atoms with Gasteiger partial charge in [-0.3, -0.25) is 0 Å². The Labute approximate surface area is 150 Å². The van der Waals surface area contributed by atoms with Crippen molar-refractivity contribution in [3.05, 3.63) is 91.0 Å². The van der Waals surface area contributed by atoms with Gasteiger partial charge in [-0.25, -0.2) is 0 Å². The minimum Gasteiger partial charge on any atom is -0.354 e. The zero-order valence-electron chi connectivity index (χ0n) is 14.0. The van der Waals surface area contributed by atoms with Crippen molar-refractivity contribution in [1.29, 1.82) is 0 Å². The molecule has 0 aliphatic heterocycles. The van der Waals surface area contributed by atoms with E-state index in [1.165, 1.54) is 32.6 Å². The summed E-state index contributed by atoms with van der Waals surface area (Å²) in [5.74, 6) is 0. The molecule has 0 aliphatic carbocycles. The molecule has 26 heavy (non-hydrogen) atoms. The first-order valence-electron chi connectivity index (χ1n) is 8.73. The van der Waals surface area contributed by atoms with Gasteiger partial charge in [-0.15, -0.1) is 0 Å². The highest BCUT2D eigenvalue weighted by Crippen LogP contribution is 2.33. The average Bonchev–Trinajstić information content (AvgIpc) is 3.23. The minimum atomic E-state index is 0.996. The third-order valence-electron chi connectivity index (χ3n) is 5.16. The summed E-state index contributed by atoms with van der Waals surface area (Å²) < 4.78 is 2.28. The van der Waals surface area contributed by atoms with Crippen LogP contribution < -0.4 is 0 Å². The van der Waals surface area contributed by atoms with Gasteiger partial charge in [0.15, 0.2) is 0 Å². The van der Waals surface area contributed by atoms with Crippen molar-refractivity contribution in [3.8, 4) is 5.69 Å². The van der Waals surface area contributed by atoms with Crippen LogP contribution in [-0.4, -0.2) is 9.55 Å². The number of aromatic amines is 1. The fraction of sp³-hybridized carbons (Fsp3) is 0. The van der Waals surface area contributed by atoms with Gasteiger partial charge in [-0.05, 0) is 24.3 Å². The SMILES string of the molecule is [c]1[c]c2[nH]c3ccccc3c2cc1-n1c2ccccc2c2ccccc21. The third-order valence-corrected chi connectivity index (χ3v) is 5.16. The molecule has 6 aromatic rings. The number of para-hydroxylation sites is 3. The highest BCUT2D eigenvalue weighted by molar-refractivity contribution is 6.11. The lowest BCUT2D eigenvalue weighted by molar-refractivity contribution is 1.18. The molecule has 2 nitrogen and oxygen atoms in total. The summed E-state index contributed by atoms with van der Waals surface area (Å²) in [4.78, 5) is 3.43. The van der Waals surface area contributed by atoms with Gasteiger partial charge >= 0.3 is 0 Å². The van der Waals surface area contributed by atoms with Gasteiger partial charge in [-0.2, -0.15) is 0 Å². The Morgan fingerprint density at radius 3 is 1.96 bits per heavy atom. The van der Waals surface area contributed by atoms with E-state index in [2.05, 4.69) is 101 Å². The lowest BCUT2D eigenvalue weighted by Crippen LogP contribution is -1.93. The first-order chi connectivity index (χ1) is 12.9. The van der Waals surface area contributed by atoms with E-state index in [4.69, 9.17) is 0 Å². The summed E-state index contributed by atoms with van der Waals surface area (Å²) in [5.41, 5.74) is 5.52. The molecule has 0 atom stereocenters. The topological polar surface area (TPSA) is 20.7 Å². The van der Waals surface area contributed by atoms with E-state index in [1.807, 2.05) is 0 Å². The Balaban J connectivity index is 1.76. The van der Waals surface area contributed by atoms with Crippen LogP contribution in [0.4, 0.5) is 0 Å². The number of hydrogen-bond donors (Lipinski definition) is 1. The van der Waals surface area contributed by atoms with Crippen molar-refractivity contribution in [2.24, 2.45) is 0 Å². The molecule has 0 amide bonds. The summed E-state index contributed by atoms with van der Waals surface area (Å²) in [6.45, 7) is 0. The Hall–Kier alpha value is -3.52. The Morgan fingerprint density at radius 1 is 0.615 bits per heavy atom. The first kappa shape index (κ1) is 13.7. The molecule has 2 radical (unpaired) electrons. The van der Waals surface area contributed by atoms with Gasteiger partial charge in [0, 0.05) is 39.2 Å². The molecule has 0 spiro atoms. The maximum atomic E-state index is 3.43. The van der Waals surface area contributed by atoms with Crippen molar-refractivity contribution < 1.29 is 0 Å². The maximum absolute atomic E-state index is 3.43. The first-order valence-corrected chi connectivity index (χ1v) is 8.73. The number of aromatic nitrogens is 2. The summed E-state index contributed by atoms with van der Waals surface area (Å²) in [6, 6.07) is 34.4. The number of nitrogens with one attached hydrogen (secondary N) is 1. The van der Waals surface area contributed by atoms with E-state index in [1.54, 1.807) is 0 Å². The van der Waals surface area contributed by atoms with Gasteiger partial charge in [0.25, 0.3) is 0 Å². The highest BCUT2D eigenvalue weighted by atomic mass is 15.0. The quantitative estimate of drug-likeness (QED) is 0.381. The molecular weight excluding hydrogens is 316 g/mol. The van der Waals surface area contributed by atoms with E-state index in [-0.39, 0.29) is 0 Å². The normalized spacial score (nSPS) is 11.8. The smallest absolute Gasteiger partial charge is 0.0555 e. The summed E-state index contributed by atoms with van der Waals surface area (Å²) in [5, 5.41) is 4.91. The zero-order chi connectivity index (χ0) is 17.1. The molecule has 0 unspecified atom stereocenters. The number of hydrogen-bond acceptors (Lipinski definition) is 0. The predicted molar refractivity (Wildman–Crippen MR) is 108 cm³/mol. The highest BCUT2D eigenvalue weighted by Gasteiger charge is 2.13. The fourth-order valence-corrected chi connectivity index (χ4v) is 4.01. The molecule has 0 saturated carbocycles. The summed E-state index contributed by atoms with van der Waals surface area (Å²) in [6.07, 6.45) is 0. The summed E-state index contributed by atoms with van der Waals surface area (Å²) in [7, 11) is 0. The largest absolute Gasteiger partial charge is 0.354 e. The van der Waals surface area contributed by atoms with E-state index >= 15 is 0 Å². The van der Waals surface area contributed by atoms with E-state index in [0.29, 0.717) is 0 Å². The van der Waals surface area contributed by atoms with Gasteiger partial charge in [0.2, 0.25) is 0 Å².